The first-order chi connectivity index (χ1) is 8.08. The largest absolute Gasteiger partial charge is 0.353 e. The number of thiazole rings is 1. The molecule has 6 heteroatoms. The number of carbonyl (C=O) groups excluding carboxylic acids is 1. The highest BCUT2D eigenvalue weighted by Gasteiger charge is 2.36. The van der Waals surface area contributed by atoms with E-state index in [0.29, 0.717) is 11.6 Å². The molecule has 0 aliphatic heterocycles. The van der Waals surface area contributed by atoms with Gasteiger partial charge in [0.05, 0.1) is 5.69 Å². The van der Waals surface area contributed by atoms with Gasteiger partial charge >= 0.3 is 0 Å². The summed E-state index contributed by atoms with van der Waals surface area (Å²) < 4.78 is 10.9. The summed E-state index contributed by atoms with van der Waals surface area (Å²) in [6.45, 7) is 1.48. The Kier molecular flexibility index (Phi) is 3.46. The van der Waals surface area contributed by atoms with Crippen LogP contribution in [-0.4, -0.2) is 30.9 Å². The van der Waals surface area contributed by atoms with Crippen LogP contribution in [0, 0.1) is 0 Å². The van der Waals surface area contributed by atoms with Crippen LogP contribution in [0.1, 0.15) is 23.9 Å². The van der Waals surface area contributed by atoms with Crippen molar-refractivity contribution in [3.05, 3.63) is 10.6 Å². The third-order valence-electron chi connectivity index (χ3n) is 2.98. The van der Waals surface area contributed by atoms with E-state index in [1.807, 2.05) is 0 Å². The second-order valence-corrected chi connectivity index (χ2v) is 5.15. The zero-order valence-electron chi connectivity index (χ0n) is 10.2. The SMILES string of the molecule is COC1(OC)CCc2nc(NC(C)=O)sc2C1. The minimum absolute atomic E-state index is 0.0964. The molecule has 0 atom stereocenters. The third kappa shape index (κ3) is 2.48. The highest BCUT2D eigenvalue weighted by molar-refractivity contribution is 7.15. The molecule has 1 heterocycles. The number of rotatable bonds is 3. The smallest absolute Gasteiger partial charge is 0.223 e. The van der Waals surface area contributed by atoms with Gasteiger partial charge in [-0.1, -0.05) is 0 Å². The third-order valence-corrected chi connectivity index (χ3v) is 3.99. The van der Waals surface area contributed by atoms with E-state index in [0.717, 1.165) is 23.4 Å². The second-order valence-electron chi connectivity index (χ2n) is 4.07. The molecule has 0 bridgehead atoms. The van der Waals surface area contributed by atoms with Crippen molar-refractivity contribution in [2.45, 2.75) is 32.0 Å². The van der Waals surface area contributed by atoms with Gasteiger partial charge < -0.3 is 14.8 Å². The fourth-order valence-corrected chi connectivity index (χ4v) is 3.14. The monoisotopic (exact) mass is 256 g/mol. The van der Waals surface area contributed by atoms with Crippen LogP contribution in [0.2, 0.25) is 0 Å². The van der Waals surface area contributed by atoms with E-state index in [1.54, 1.807) is 14.2 Å². The first kappa shape index (κ1) is 12.5. The predicted molar refractivity (Wildman–Crippen MR) is 65.2 cm³/mol. The van der Waals surface area contributed by atoms with Crippen molar-refractivity contribution < 1.29 is 14.3 Å². The average Bonchev–Trinajstić information content (AvgIpc) is 2.68. The Hall–Kier alpha value is -0.980. The molecule has 1 aliphatic rings. The van der Waals surface area contributed by atoms with Crippen molar-refractivity contribution >= 4 is 22.4 Å². The normalized spacial score (nSPS) is 17.6. The topological polar surface area (TPSA) is 60.5 Å². The number of carbonyl (C=O) groups is 1. The predicted octanol–water partition coefficient (Wildman–Crippen LogP) is 1.58. The molecule has 0 saturated carbocycles. The zero-order valence-corrected chi connectivity index (χ0v) is 11.0. The summed E-state index contributed by atoms with van der Waals surface area (Å²) in [7, 11) is 3.31. The molecule has 0 spiro atoms. The molecule has 1 aliphatic carbocycles. The van der Waals surface area contributed by atoms with Gasteiger partial charge in [0.15, 0.2) is 10.9 Å². The lowest BCUT2D eigenvalue weighted by Gasteiger charge is -2.33. The summed E-state index contributed by atoms with van der Waals surface area (Å²) in [5, 5.41) is 3.37. The van der Waals surface area contributed by atoms with E-state index in [4.69, 9.17) is 9.47 Å². The van der Waals surface area contributed by atoms with E-state index in [2.05, 4.69) is 10.3 Å². The first-order valence-corrected chi connectivity index (χ1v) is 6.27. The summed E-state index contributed by atoms with van der Waals surface area (Å²) in [6, 6.07) is 0. The quantitative estimate of drug-likeness (QED) is 0.834. The molecule has 1 aromatic heterocycles. The lowest BCUT2D eigenvalue weighted by atomic mass is 9.96. The maximum absolute atomic E-state index is 11.0. The molecule has 0 aromatic carbocycles. The van der Waals surface area contributed by atoms with E-state index in [-0.39, 0.29) is 5.91 Å². The molecule has 2 rings (SSSR count). The van der Waals surface area contributed by atoms with Crippen LogP contribution in [0.5, 0.6) is 0 Å². The Bertz CT molecular complexity index is 426. The van der Waals surface area contributed by atoms with Gasteiger partial charge in [-0.2, -0.15) is 0 Å². The van der Waals surface area contributed by atoms with Crippen LogP contribution in [0.25, 0.3) is 0 Å². The highest BCUT2D eigenvalue weighted by Crippen LogP contribution is 2.36. The lowest BCUT2D eigenvalue weighted by molar-refractivity contribution is -0.211. The summed E-state index contributed by atoms with van der Waals surface area (Å²) in [5.41, 5.74) is 1.04. The Morgan fingerprint density at radius 2 is 2.18 bits per heavy atom. The number of nitrogens with one attached hydrogen (secondary N) is 1. The molecule has 1 amide bonds. The lowest BCUT2D eigenvalue weighted by Crippen LogP contribution is -2.39. The number of nitrogens with zero attached hydrogens (tertiary/aromatic N) is 1. The molecule has 1 aromatic rings. The van der Waals surface area contributed by atoms with Crippen LogP contribution in [0.3, 0.4) is 0 Å². The van der Waals surface area contributed by atoms with Crippen LogP contribution in [0.15, 0.2) is 0 Å². The van der Waals surface area contributed by atoms with Gasteiger partial charge in [-0.15, -0.1) is 11.3 Å². The number of ether oxygens (including phenoxy) is 2. The highest BCUT2D eigenvalue weighted by atomic mass is 32.1. The number of aromatic nitrogens is 1. The van der Waals surface area contributed by atoms with Crippen molar-refractivity contribution in [2.75, 3.05) is 19.5 Å². The number of hydrogen-bond donors (Lipinski definition) is 1. The Labute approximate surface area is 104 Å². The van der Waals surface area contributed by atoms with Gasteiger partial charge in [0.25, 0.3) is 0 Å². The van der Waals surface area contributed by atoms with E-state index in [9.17, 15) is 4.79 Å². The molecule has 0 unspecified atom stereocenters. The van der Waals surface area contributed by atoms with Gasteiger partial charge in [-0.3, -0.25) is 4.79 Å². The number of aryl methyl sites for hydroxylation is 1. The average molecular weight is 256 g/mol. The van der Waals surface area contributed by atoms with E-state index >= 15 is 0 Å². The molecule has 0 fully saturated rings. The summed E-state index contributed by atoms with van der Waals surface area (Å²) >= 11 is 1.49. The molecule has 1 N–H and O–H groups in total. The molecular formula is C11H16N2O3S. The van der Waals surface area contributed by atoms with E-state index < -0.39 is 5.79 Å². The number of anilines is 1. The second kappa shape index (κ2) is 4.72. The van der Waals surface area contributed by atoms with Crippen molar-refractivity contribution in [1.29, 1.82) is 0 Å². The Morgan fingerprint density at radius 1 is 1.47 bits per heavy atom. The summed E-state index contributed by atoms with van der Waals surface area (Å²) in [6.07, 6.45) is 2.29. The van der Waals surface area contributed by atoms with Crippen molar-refractivity contribution in [2.24, 2.45) is 0 Å². The van der Waals surface area contributed by atoms with Crippen molar-refractivity contribution in [3.8, 4) is 0 Å². The molecule has 94 valence electrons. The van der Waals surface area contributed by atoms with Crippen LogP contribution < -0.4 is 5.32 Å². The summed E-state index contributed by atoms with van der Waals surface area (Å²) in [5.74, 6) is -0.631. The molecule has 17 heavy (non-hydrogen) atoms. The number of fused-ring (bicyclic) bond motifs is 1. The summed E-state index contributed by atoms with van der Waals surface area (Å²) in [4.78, 5) is 16.5. The zero-order chi connectivity index (χ0) is 12.5. The minimum Gasteiger partial charge on any atom is -0.353 e. The Balaban J connectivity index is 2.20. The first-order valence-electron chi connectivity index (χ1n) is 5.45. The van der Waals surface area contributed by atoms with Gasteiger partial charge in [0, 0.05) is 38.9 Å². The Morgan fingerprint density at radius 3 is 2.76 bits per heavy atom. The van der Waals surface area contributed by atoms with Crippen LogP contribution >= 0.6 is 11.3 Å². The fraction of sp³-hybridized carbons (Fsp3) is 0.636. The molecular weight excluding hydrogens is 240 g/mol. The maximum Gasteiger partial charge on any atom is 0.223 e. The van der Waals surface area contributed by atoms with Gasteiger partial charge in [0.1, 0.15) is 0 Å². The minimum atomic E-state index is -0.535. The van der Waals surface area contributed by atoms with Crippen molar-refractivity contribution in [3.63, 3.8) is 0 Å². The van der Waals surface area contributed by atoms with Gasteiger partial charge in [-0.25, -0.2) is 4.98 Å². The number of methoxy groups -OCH3 is 2. The van der Waals surface area contributed by atoms with Crippen LogP contribution in [0.4, 0.5) is 5.13 Å². The van der Waals surface area contributed by atoms with Crippen LogP contribution in [-0.2, 0) is 27.1 Å². The standard InChI is InChI=1S/C11H16N2O3S/c1-7(14)12-10-13-8-4-5-11(15-2,16-3)6-9(8)17-10/h4-6H2,1-3H3,(H,12,13,14). The van der Waals surface area contributed by atoms with E-state index in [1.165, 1.54) is 18.3 Å². The molecule has 0 radical (unpaired) electrons. The number of amides is 1. The van der Waals surface area contributed by atoms with Gasteiger partial charge in [0.2, 0.25) is 5.91 Å². The molecule has 0 saturated heterocycles. The number of hydrogen-bond acceptors (Lipinski definition) is 5. The van der Waals surface area contributed by atoms with Gasteiger partial charge in [-0.05, 0) is 6.42 Å². The van der Waals surface area contributed by atoms with Crippen molar-refractivity contribution in [1.82, 2.24) is 4.98 Å². The maximum atomic E-state index is 11.0. The fourth-order valence-electron chi connectivity index (χ4n) is 1.99. The molecule has 5 nitrogen and oxygen atoms in total.